The molecule has 0 N–H and O–H groups in total. The average molecular weight is 251 g/mol. The van der Waals surface area contributed by atoms with E-state index in [2.05, 4.69) is 0 Å². The van der Waals surface area contributed by atoms with Gasteiger partial charge in [-0.25, -0.2) is 0 Å². The van der Waals surface area contributed by atoms with Crippen LogP contribution in [-0.2, 0) is 9.13 Å². The van der Waals surface area contributed by atoms with E-state index in [0.717, 1.165) is 0 Å². The molecule has 0 bridgehead atoms. The Morgan fingerprint density at radius 1 is 1.00 bits per heavy atom. The second-order valence-electron chi connectivity index (χ2n) is 2.32. The van der Waals surface area contributed by atoms with E-state index in [1.165, 1.54) is 8.88 Å². The fraction of sp³-hybridized carbons (Fsp3) is 1.00. The first kappa shape index (κ1) is 11.0. The molecule has 1 aliphatic heterocycles. The lowest BCUT2D eigenvalue weighted by Crippen LogP contribution is -2.37. The van der Waals surface area contributed by atoms with E-state index < -0.39 is 13.6 Å². The van der Waals surface area contributed by atoms with Gasteiger partial charge in [-0.05, 0) is 22.5 Å². The summed E-state index contributed by atoms with van der Waals surface area (Å²) in [5.41, 5.74) is 0. The number of hydrogen-bond acceptors (Lipinski definition) is 2. The lowest BCUT2D eigenvalue weighted by molar-refractivity contribution is 0.415. The van der Waals surface area contributed by atoms with Crippen molar-refractivity contribution in [3.8, 4) is 0 Å². The molecule has 1 fully saturated rings. The second kappa shape index (κ2) is 3.27. The van der Waals surface area contributed by atoms with Gasteiger partial charge in [0.2, 0.25) is 0 Å². The number of nitrogens with zero attached hydrogens (tertiary/aromatic N) is 2. The molecule has 1 heterocycles. The summed E-state index contributed by atoms with van der Waals surface area (Å²) in [5, 5.41) is 0. The SMILES string of the molecule is CCN1P(=O)(Cl)N(CC)P1(=O)Cl. The highest BCUT2D eigenvalue weighted by Gasteiger charge is 2.61. The van der Waals surface area contributed by atoms with Gasteiger partial charge in [0, 0.05) is 13.1 Å². The zero-order valence-electron chi connectivity index (χ0n) is 6.78. The van der Waals surface area contributed by atoms with Crippen LogP contribution in [0.3, 0.4) is 0 Å². The minimum Gasteiger partial charge on any atom is -0.270 e. The largest absolute Gasteiger partial charge is 0.319 e. The van der Waals surface area contributed by atoms with E-state index in [1.54, 1.807) is 13.8 Å². The molecule has 0 aromatic carbocycles. The zero-order valence-corrected chi connectivity index (χ0v) is 10.1. The van der Waals surface area contributed by atoms with Crippen LogP contribution in [0.5, 0.6) is 0 Å². The minimum atomic E-state index is -3.06. The first-order chi connectivity index (χ1) is 5.39. The third-order valence-electron chi connectivity index (χ3n) is 1.70. The standard InChI is InChI=1S/C4H10Cl2N2O2P2/c1-3-7-11(5,9)8(4-2)12(7,6)10/h3-4H2,1-2H3. The minimum absolute atomic E-state index is 0.345. The van der Waals surface area contributed by atoms with E-state index in [4.69, 9.17) is 22.5 Å². The molecular formula is C4H10Cl2N2O2P2. The molecule has 1 saturated heterocycles. The van der Waals surface area contributed by atoms with Crippen LogP contribution >= 0.6 is 36.1 Å². The Bertz CT molecular complexity index is 240. The predicted molar refractivity (Wildman–Crippen MR) is 51.7 cm³/mol. The van der Waals surface area contributed by atoms with E-state index in [1.807, 2.05) is 0 Å². The molecule has 8 heteroatoms. The highest BCUT2D eigenvalue weighted by Crippen LogP contribution is 2.89. The van der Waals surface area contributed by atoms with Gasteiger partial charge >= 0.3 is 13.6 Å². The molecule has 1 aliphatic rings. The Morgan fingerprint density at radius 3 is 1.42 bits per heavy atom. The first-order valence-electron chi connectivity index (χ1n) is 3.55. The van der Waals surface area contributed by atoms with Crippen LogP contribution in [0.15, 0.2) is 0 Å². The van der Waals surface area contributed by atoms with Crippen LogP contribution in [-0.4, -0.2) is 22.0 Å². The third kappa shape index (κ3) is 1.30. The maximum absolute atomic E-state index is 11.6. The molecule has 4 nitrogen and oxygen atoms in total. The van der Waals surface area contributed by atoms with Crippen molar-refractivity contribution in [2.45, 2.75) is 13.8 Å². The fourth-order valence-corrected chi connectivity index (χ4v) is 11.1. The number of rotatable bonds is 2. The summed E-state index contributed by atoms with van der Waals surface area (Å²) < 4.78 is 25.5. The maximum atomic E-state index is 11.6. The van der Waals surface area contributed by atoms with Crippen molar-refractivity contribution in [1.29, 1.82) is 0 Å². The second-order valence-corrected chi connectivity index (χ2v) is 9.42. The van der Waals surface area contributed by atoms with Gasteiger partial charge in [0.15, 0.2) is 0 Å². The summed E-state index contributed by atoms with van der Waals surface area (Å²) in [6.07, 6.45) is 0. The van der Waals surface area contributed by atoms with Gasteiger partial charge in [-0.15, -0.1) is 0 Å². The summed E-state index contributed by atoms with van der Waals surface area (Å²) in [4.78, 5) is 0. The Hall–Kier alpha value is 0.960. The molecule has 0 aliphatic carbocycles. The van der Waals surface area contributed by atoms with Gasteiger partial charge in [0.1, 0.15) is 0 Å². The van der Waals surface area contributed by atoms with Gasteiger partial charge in [-0.1, -0.05) is 13.8 Å². The van der Waals surface area contributed by atoms with Crippen molar-refractivity contribution in [2.24, 2.45) is 0 Å². The van der Waals surface area contributed by atoms with Crippen LogP contribution < -0.4 is 0 Å². The maximum Gasteiger partial charge on any atom is 0.319 e. The van der Waals surface area contributed by atoms with Crippen molar-refractivity contribution in [3.05, 3.63) is 0 Å². The monoisotopic (exact) mass is 250 g/mol. The zero-order chi connectivity index (χ0) is 9.57. The van der Waals surface area contributed by atoms with Gasteiger partial charge in [-0.2, -0.15) is 8.88 Å². The van der Waals surface area contributed by atoms with Gasteiger partial charge in [0.05, 0.1) is 0 Å². The fourth-order valence-electron chi connectivity index (χ4n) is 1.18. The molecule has 0 spiro atoms. The van der Waals surface area contributed by atoms with E-state index in [9.17, 15) is 9.13 Å². The summed E-state index contributed by atoms with van der Waals surface area (Å²) >= 11 is 11.3. The summed E-state index contributed by atoms with van der Waals surface area (Å²) in [6.45, 7) is -2.00. The molecule has 0 atom stereocenters. The molecule has 0 unspecified atom stereocenters. The molecule has 72 valence electrons. The molecule has 0 saturated carbocycles. The molecule has 12 heavy (non-hydrogen) atoms. The quantitative estimate of drug-likeness (QED) is 0.705. The van der Waals surface area contributed by atoms with Gasteiger partial charge < -0.3 is 0 Å². The van der Waals surface area contributed by atoms with E-state index in [-0.39, 0.29) is 0 Å². The van der Waals surface area contributed by atoms with E-state index >= 15 is 0 Å². The van der Waals surface area contributed by atoms with Crippen molar-refractivity contribution in [1.82, 2.24) is 8.88 Å². The molecule has 1 rings (SSSR count). The Kier molecular flexibility index (Phi) is 3.01. The van der Waals surface area contributed by atoms with Crippen LogP contribution in [0.1, 0.15) is 13.8 Å². The van der Waals surface area contributed by atoms with Crippen LogP contribution in [0.2, 0.25) is 0 Å². The molecule has 0 amide bonds. The molecule has 0 aromatic heterocycles. The normalized spacial score (nSPS) is 44.3. The lowest BCUT2D eigenvalue weighted by Gasteiger charge is -2.48. The van der Waals surface area contributed by atoms with Gasteiger partial charge in [-0.3, -0.25) is 9.13 Å². The van der Waals surface area contributed by atoms with Crippen LogP contribution in [0.25, 0.3) is 0 Å². The summed E-state index contributed by atoms with van der Waals surface area (Å²) in [6, 6.07) is 0. The Morgan fingerprint density at radius 2 is 1.25 bits per heavy atom. The summed E-state index contributed by atoms with van der Waals surface area (Å²) in [7, 11) is 0. The van der Waals surface area contributed by atoms with Crippen molar-refractivity contribution in [2.75, 3.05) is 13.1 Å². The molecular weight excluding hydrogens is 241 g/mol. The Balaban J connectivity index is 2.97. The predicted octanol–water partition coefficient (Wildman–Crippen LogP) is 3.34. The van der Waals surface area contributed by atoms with Crippen molar-refractivity contribution < 1.29 is 9.13 Å². The number of hydrogen-bond donors (Lipinski definition) is 0. The highest BCUT2D eigenvalue weighted by molar-refractivity contribution is 8.10. The average Bonchev–Trinajstić information content (AvgIpc) is 1.85. The summed E-state index contributed by atoms with van der Waals surface area (Å²) in [5.74, 6) is 0. The highest BCUT2D eigenvalue weighted by atomic mass is 35.7. The van der Waals surface area contributed by atoms with Crippen molar-refractivity contribution in [3.63, 3.8) is 0 Å². The topological polar surface area (TPSA) is 40.6 Å². The molecule has 0 aromatic rings. The Labute approximate surface area is 81.3 Å². The van der Waals surface area contributed by atoms with Gasteiger partial charge in [0.25, 0.3) is 0 Å². The van der Waals surface area contributed by atoms with Crippen molar-refractivity contribution >= 4 is 36.1 Å². The lowest BCUT2D eigenvalue weighted by atomic mass is 10.8. The van der Waals surface area contributed by atoms with Crippen LogP contribution in [0, 0.1) is 0 Å². The first-order valence-corrected chi connectivity index (χ1v) is 8.58. The smallest absolute Gasteiger partial charge is 0.270 e. The number of halogens is 2. The third-order valence-corrected chi connectivity index (χ3v) is 11.5. The van der Waals surface area contributed by atoms with Crippen LogP contribution in [0.4, 0.5) is 0 Å². The molecule has 0 radical (unpaired) electrons. The van der Waals surface area contributed by atoms with E-state index in [0.29, 0.717) is 13.1 Å².